The number of anilines is 1. The fraction of sp³-hybridized carbons (Fsp3) is 0.169. The van der Waals surface area contributed by atoms with Crippen molar-refractivity contribution >= 4 is 23.0 Å². The molecule has 2 heterocycles. The van der Waals surface area contributed by atoms with Gasteiger partial charge in [-0.25, -0.2) is 0 Å². The molecule has 82 heavy (non-hydrogen) atoms. The second-order valence-electron chi connectivity index (χ2n) is 17.4. The van der Waals surface area contributed by atoms with E-state index in [9.17, 15) is 9.90 Å². The topological polar surface area (TPSA) is 55.6 Å². The SMILES string of the molecule is CC#CC#CC#CC#CC#CC#CC#CC#CC#CC#CCN1C(=CC=CC2=[N+](CC#CC#CC#CC#CC#CC#CC#CC#CC#CC#CC)c3ccccc3C2(C)C)C(C)(C)c2cc(CNC(=O)CCc3ccc(O)cc3)ccc21. The van der Waals surface area contributed by atoms with E-state index in [-0.39, 0.29) is 17.1 Å². The molecule has 0 bridgehead atoms. The molecule has 0 unspecified atom stereocenters. The van der Waals surface area contributed by atoms with E-state index >= 15 is 0 Å². The van der Waals surface area contributed by atoms with Gasteiger partial charge in [-0.05, 0) is 270 Å². The van der Waals surface area contributed by atoms with Gasteiger partial charge in [0, 0.05) is 71.2 Å². The first-order valence-corrected chi connectivity index (χ1v) is 25.0. The number of carbonyl (C=O) groups is 1. The fourth-order valence-corrected chi connectivity index (χ4v) is 7.70. The van der Waals surface area contributed by atoms with Crippen LogP contribution in [0.1, 0.15) is 70.2 Å². The molecule has 3 aromatic rings. The number of phenolic OH excluding ortho intramolecular Hbond substituents is 1. The monoisotopic (exact) mass is 1040 g/mol. The van der Waals surface area contributed by atoms with Crippen molar-refractivity contribution in [3.8, 4) is 243 Å². The molecule has 2 aliphatic rings. The lowest BCUT2D eigenvalue weighted by molar-refractivity contribution is -0.422. The van der Waals surface area contributed by atoms with Gasteiger partial charge in [0.2, 0.25) is 18.1 Å². The molecule has 0 aliphatic carbocycles. The van der Waals surface area contributed by atoms with Crippen molar-refractivity contribution in [3.63, 3.8) is 0 Å². The van der Waals surface area contributed by atoms with E-state index in [1.54, 1.807) is 26.0 Å². The molecule has 5 nitrogen and oxygen atoms in total. The summed E-state index contributed by atoms with van der Waals surface area (Å²) in [5.41, 5.74) is 7.58. The Kier molecular flexibility index (Phi) is 24.8. The minimum Gasteiger partial charge on any atom is -0.508 e. The summed E-state index contributed by atoms with van der Waals surface area (Å²) in [5.74, 6) is 106. The molecular formula is C77H44N3O2+. The fourth-order valence-electron chi connectivity index (χ4n) is 7.70. The lowest BCUT2D eigenvalue weighted by Crippen LogP contribution is -2.28. The van der Waals surface area contributed by atoms with Crippen molar-refractivity contribution in [3.05, 3.63) is 113 Å². The number of phenols is 1. The van der Waals surface area contributed by atoms with Gasteiger partial charge in [0.15, 0.2) is 5.71 Å². The molecule has 1 amide bonds. The summed E-state index contributed by atoms with van der Waals surface area (Å²) in [4.78, 5) is 15.2. The van der Waals surface area contributed by atoms with Crippen molar-refractivity contribution in [1.29, 1.82) is 0 Å². The van der Waals surface area contributed by atoms with Crippen LogP contribution in [-0.2, 0) is 28.6 Å². The van der Waals surface area contributed by atoms with Crippen LogP contribution in [0.2, 0.25) is 0 Å². The molecule has 0 spiro atoms. The number of aromatic hydroxyl groups is 1. The van der Waals surface area contributed by atoms with Crippen LogP contribution in [0.5, 0.6) is 5.75 Å². The summed E-state index contributed by atoms with van der Waals surface area (Å²) < 4.78 is 2.22. The Bertz CT molecular complexity index is 4570. The summed E-state index contributed by atoms with van der Waals surface area (Å²) in [6, 6.07) is 21.5. The highest BCUT2D eigenvalue weighted by Gasteiger charge is 2.44. The van der Waals surface area contributed by atoms with Crippen LogP contribution >= 0.6 is 0 Å². The van der Waals surface area contributed by atoms with E-state index in [0.29, 0.717) is 32.5 Å². The highest BCUT2D eigenvalue weighted by atomic mass is 16.3. The number of para-hydroxylation sites is 1. The quantitative estimate of drug-likeness (QED) is 0.174. The van der Waals surface area contributed by atoms with Crippen molar-refractivity contribution in [2.45, 2.75) is 71.8 Å². The number of benzene rings is 3. The normalized spacial score (nSPS) is 11.0. The largest absolute Gasteiger partial charge is 0.508 e. The number of hydrogen-bond acceptors (Lipinski definition) is 3. The third-order valence-corrected chi connectivity index (χ3v) is 11.4. The Morgan fingerprint density at radius 3 is 1.45 bits per heavy atom. The van der Waals surface area contributed by atoms with E-state index in [1.807, 2.05) is 24.3 Å². The predicted molar refractivity (Wildman–Crippen MR) is 328 cm³/mol. The van der Waals surface area contributed by atoms with Gasteiger partial charge >= 0.3 is 0 Å². The molecule has 0 atom stereocenters. The number of allylic oxidation sites excluding steroid dienone is 4. The lowest BCUT2D eigenvalue weighted by atomic mass is 9.81. The lowest BCUT2D eigenvalue weighted by Gasteiger charge is -2.25. The molecule has 0 saturated carbocycles. The minimum absolute atomic E-state index is 0.0613. The van der Waals surface area contributed by atoms with Gasteiger partial charge in [0.25, 0.3) is 0 Å². The van der Waals surface area contributed by atoms with Crippen molar-refractivity contribution < 1.29 is 14.5 Å². The molecule has 5 heteroatoms. The third kappa shape index (κ3) is 20.0. The van der Waals surface area contributed by atoms with Gasteiger partial charge in [-0.2, -0.15) is 4.58 Å². The molecule has 3 aromatic carbocycles. The molecular weight excluding hydrogens is 999 g/mol. The number of carbonyl (C=O) groups excluding carboxylic acids is 1. The number of fused-ring (bicyclic) bond motifs is 2. The van der Waals surface area contributed by atoms with Crippen molar-refractivity contribution in [2.24, 2.45) is 0 Å². The van der Waals surface area contributed by atoms with Gasteiger partial charge in [0.05, 0.1) is 12.0 Å². The zero-order chi connectivity index (χ0) is 58.4. The molecule has 0 fully saturated rings. The van der Waals surface area contributed by atoms with Gasteiger partial charge < -0.3 is 15.3 Å². The molecule has 0 radical (unpaired) electrons. The average Bonchev–Trinajstić information content (AvgIpc) is 3.89. The van der Waals surface area contributed by atoms with Gasteiger partial charge in [-0.1, -0.05) is 80.1 Å². The maximum Gasteiger partial charge on any atom is 0.220 e. The Labute approximate surface area is 485 Å². The van der Waals surface area contributed by atoms with Crippen molar-refractivity contribution in [2.75, 3.05) is 18.0 Å². The van der Waals surface area contributed by atoms with E-state index in [2.05, 4.69) is 328 Å². The van der Waals surface area contributed by atoms with E-state index in [1.165, 1.54) is 5.56 Å². The summed E-state index contributed by atoms with van der Waals surface area (Å²) in [6.45, 7) is 13.3. The number of nitrogens with zero attached hydrogens (tertiary/aromatic N) is 2. The number of hydrogen-bond donors (Lipinski definition) is 2. The zero-order valence-electron chi connectivity index (χ0n) is 45.9. The second-order valence-corrected chi connectivity index (χ2v) is 17.4. The molecule has 2 N–H and O–H groups in total. The maximum absolute atomic E-state index is 13.0. The Morgan fingerprint density at radius 2 is 0.963 bits per heavy atom. The summed E-state index contributed by atoms with van der Waals surface area (Å²) >= 11 is 0. The molecule has 378 valence electrons. The summed E-state index contributed by atoms with van der Waals surface area (Å²) in [7, 11) is 0. The zero-order valence-corrected chi connectivity index (χ0v) is 45.9. The Morgan fingerprint density at radius 1 is 0.524 bits per heavy atom. The average molecular weight is 1040 g/mol. The highest BCUT2D eigenvalue weighted by Crippen LogP contribution is 2.48. The Balaban J connectivity index is 1.35. The number of nitrogens with one attached hydrogen (secondary N) is 1. The summed E-state index contributed by atoms with van der Waals surface area (Å²) in [5, 5.41) is 12.7. The number of amides is 1. The van der Waals surface area contributed by atoms with Crippen LogP contribution < -0.4 is 10.2 Å². The van der Waals surface area contributed by atoms with E-state index < -0.39 is 5.41 Å². The standard InChI is InChI=1S/C77H43N3O2/c1-7-9-11-13-15-17-19-21-23-25-27-29-31-33-35-37-39-41-43-47-62-79-71-51-46-45-50-69(71)76(3,4)73(79)52-49-53-74-77(5,6)70-64-67(65-78-75(82)61-57-66-54-58-68(81)59-55-66)56-60-72(70)80(74)63-48-44-42-40-38-36-34-32-30-28-26-24-22-20-18-16-14-12-10-8-2/h45-46,49-56,58-60,64H,57,61-63,65H2,1-6H3,(H-,78,81,82)/p+1. The smallest absolute Gasteiger partial charge is 0.220 e. The van der Waals surface area contributed by atoms with Gasteiger partial charge in [-0.15, -0.1) is 0 Å². The molecule has 2 aliphatic heterocycles. The maximum atomic E-state index is 13.0. The predicted octanol–water partition coefficient (Wildman–Crippen LogP) is 7.36. The Hall–Kier alpha value is -12.9. The third-order valence-electron chi connectivity index (χ3n) is 11.4. The van der Waals surface area contributed by atoms with Gasteiger partial charge in [-0.3, -0.25) is 4.79 Å². The van der Waals surface area contributed by atoms with Gasteiger partial charge in [0.1, 0.15) is 5.75 Å². The highest BCUT2D eigenvalue weighted by molar-refractivity contribution is 6.03. The molecule has 5 rings (SSSR count). The van der Waals surface area contributed by atoms with Crippen LogP contribution in [0.25, 0.3) is 0 Å². The van der Waals surface area contributed by atoms with E-state index in [4.69, 9.17) is 0 Å². The first-order valence-electron chi connectivity index (χ1n) is 25.0. The van der Waals surface area contributed by atoms with Crippen LogP contribution in [-0.4, -0.2) is 34.4 Å². The number of rotatable bonds is 9. The van der Waals surface area contributed by atoms with Crippen LogP contribution in [0.4, 0.5) is 11.4 Å². The van der Waals surface area contributed by atoms with Crippen LogP contribution in [0.15, 0.2) is 90.7 Å². The van der Waals surface area contributed by atoms with E-state index in [0.717, 1.165) is 39.5 Å². The first kappa shape index (κ1) is 60.0. The second kappa shape index (κ2) is 33.9. The van der Waals surface area contributed by atoms with Crippen LogP contribution in [0.3, 0.4) is 0 Å². The summed E-state index contributed by atoms with van der Waals surface area (Å²) in [6.07, 6.45) is 7.26. The molecule has 0 saturated heterocycles. The van der Waals surface area contributed by atoms with Crippen molar-refractivity contribution in [1.82, 2.24) is 5.32 Å². The first-order chi connectivity index (χ1) is 40.1. The minimum atomic E-state index is -0.460. The molecule has 0 aromatic heterocycles. The van der Waals surface area contributed by atoms with Crippen LogP contribution in [0, 0.1) is 237 Å². The number of aryl methyl sites for hydroxylation is 1.